The number of hydrogen-bond acceptors (Lipinski definition) is 7. The molecule has 2 aromatic rings. The highest BCUT2D eigenvalue weighted by molar-refractivity contribution is 7.89. The van der Waals surface area contributed by atoms with Crippen LogP contribution in [0.5, 0.6) is 11.5 Å². The Labute approximate surface area is 153 Å². The first kappa shape index (κ1) is 18.8. The number of Topliss-reactive ketones (excluding diaryl/α,β-unsaturated/α-hetero) is 1. The molecule has 0 spiro atoms. The molecule has 0 aromatic heterocycles. The smallest absolute Gasteiger partial charge is 0.321 e. The highest BCUT2D eigenvalue weighted by atomic mass is 32.2. The van der Waals surface area contributed by atoms with Gasteiger partial charge in [-0.05, 0) is 30.3 Å². The molecule has 8 nitrogen and oxygen atoms in total. The normalized spacial score (nSPS) is 12.6. The summed E-state index contributed by atoms with van der Waals surface area (Å²) in [6, 6.07) is 9.23. The summed E-state index contributed by atoms with van der Waals surface area (Å²) in [5.74, 6) is -1.52. The van der Waals surface area contributed by atoms with Crippen molar-refractivity contribution < 1.29 is 36.6 Å². The molecule has 27 heavy (non-hydrogen) atoms. The van der Waals surface area contributed by atoms with Crippen LogP contribution in [0.2, 0.25) is 0 Å². The average molecular weight is 395 g/mol. The zero-order valence-corrected chi connectivity index (χ0v) is 14.6. The third kappa shape index (κ3) is 4.41. The second kappa shape index (κ2) is 7.72. The number of hydrogen-bond donors (Lipinski definition) is 1. The van der Waals surface area contributed by atoms with Crippen molar-refractivity contribution >= 4 is 21.8 Å². The zero-order chi connectivity index (χ0) is 19.4. The van der Waals surface area contributed by atoms with Gasteiger partial charge in [0.2, 0.25) is 16.8 Å². The Morgan fingerprint density at radius 3 is 2.63 bits per heavy atom. The van der Waals surface area contributed by atoms with E-state index in [4.69, 9.17) is 14.2 Å². The van der Waals surface area contributed by atoms with Crippen LogP contribution in [0.3, 0.4) is 0 Å². The van der Waals surface area contributed by atoms with Crippen LogP contribution in [0.25, 0.3) is 0 Å². The number of carbonyl (C=O) groups is 2. The molecular formula is C17H14FNO7S. The third-order valence-electron chi connectivity index (χ3n) is 3.59. The van der Waals surface area contributed by atoms with E-state index in [1.807, 2.05) is 4.72 Å². The maximum absolute atomic E-state index is 13.5. The summed E-state index contributed by atoms with van der Waals surface area (Å²) in [7, 11) is -4.22. The van der Waals surface area contributed by atoms with E-state index in [0.29, 0.717) is 11.5 Å². The fraction of sp³-hybridized carbons (Fsp3) is 0.176. The number of ether oxygens (including phenoxy) is 3. The highest BCUT2D eigenvalue weighted by Gasteiger charge is 2.21. The van der Waals surface area contributed by atoms with Gasteiger partial charge in [0.1, 0.15) is 17.3 Å². The number of benzene rings is 2. The van der Waals surface area contributed by atoms with Crippen molar-refractivity contribution in [2.75, 3.05) is 19.9 Å². The van der Waals surface area contributed by atoms with Gasteiger partial charge in [-0.3, -0.25) is 9.59 Å². The maximum atomic E-state index is 13.5. The lowest BCUT2D eigenvalue weighted by Crippen LogP contribution is -2.32. The summed E-state index contributed by atoms with van der Waals surface area (Å²) in [5, 5.41) is 0. The second-order valence-electron chi connectivity index (χ2n) is 5.41. The summed E-state index contributed by atoms with van der Waals surface area (Å²) in [6.07, 6.45) is 0. The van der Waals surface area contributed by atoms with Crippen molar-refractivity contribution in [1.29, 1.82) is 0 Å². The second-order valence-corrected chi connectivity index (χ2v) is 7.14. The Balaban J connectivity index is 1.52. The molecule has 0 aliphatic carbocycles. The largest absolute Gasteiger partial charge is 0.456 e. The van der Waals surface area contributed by atoms with Crippen molar-refractivity contribution in [3.63, 3.8) is 0 Å². The van der Waals surface area contributed by atoms with Gasteiger partial charge in [-0.25, -0.2) is 12.8 Å². The molecule has 0 fully saturated rings. The average Bonchev–Trinajstić information content (AvgIpc) is 3.12. The number of nitrogens with one attached hydrogen (secondary N) is 1. The van der Waals surface area contributed by atoms with Gasteiger partial charge in [0.05, 0.1) is 0 Å². The van der Waals surface area contributed by atoms with Crippen LogP contribution in [0.15, 0.2) is 47.4 Å². The lowest BCUT2D eigenvalue weighted by atomic mass is 10.1. The van der Waals surface area contributed by atoms with E-state index in [9.17, 15) is 22.4 Å². The summed E-state index contributed by atoms with van der Waals surface area (Å²) in [5.41, 5.74) is 0.249. The molecule has 0 amide bonds. The topological polar surface area (TPSA) is 108 Å². The molecule has 0 saturated heterocycles. The molecule has 0 bridgehead atoms. The van der Waals surface area contributed by atoms with Gasteiger partial charge in [0, 0.05) is 5.56 Å². The molecule has 0 saturated carbocycles. The molecule has 1 N–H and O–H groups in total. The minimum atomic E-state index is -4.22. The van der Waals surface area contributed by atoms with Crippen molar-refractivity contribution in [3.8, 4) is 11.5 Å². The Morgan fingerprint density at radius 2 is 1.85 bits per heavy atom. The van der Waals surface area contributed by atoms with Crippen molar-refractivity contribution in [2.24, 2.45) is 0 Å². The highest BCUT2D eigenvalue weighted by Crippen LogP contribution is 2.32. The zero-order valence-electron chi connectivity index (χ0n) is 13.8. The maximum Gasteiger partial charge on any atom is 0.321 e. The van der Waals surface area contributed by atoms with Crippen LogP contribution in [-0.2, 0) is 19.6 Å². The van der Waals surface area contributed by atoms with Gasteiger partial charge in [0.15, 0.2) is 23.9 Å². The Morgan fingerprint density at radius 1 is 1.11 bits per heavy atom. The molecule has 10 heteroatoms. The molecule has 3 rings (SSSR count). The van der Waals surface area contributed by atoms with Crippen molar-refractivity contribution in [2.45, 2.75) is 4.90 Å². The summed E-state index contributed by atoms with van der Waals surface area (Å²) < 4.78 is 54.5. The third-order valence-corrected chi connectivity index (χ3v) is 5.03. The molecule has 1 heterocycles. The quantitative estimate of drug-likeness (QED) is 0.555. The first-order chi connectivity index (χ1) is 12.9. The van der Waals surface area contributed by atoms with E-state index in [1.54, 1.807) is 6.07 Å². The number of rotatable bonds is 7. The van der Waals surface area contributed by atoms with Crippen molar-refractivity contribution in [1.82, 2.24) is 4.72 Å². The summed E-state index contributed by atoms with van der Waals surface area (Å²) in [4.78, 5) is 23.2. The molecule has 142 valence electrons. The van der Waals surface area contributed by atoms with Gasteiger partial charge < -0.3 is 14.2 Å². The first-order valence-corrected chi connectivity index (χ1v) is 9.18. The van der Waals surface area contributed by atoms with Gasteiger partial charge in [-0.15, -0.1) is 0 Å². The lowest BCUT2D eigenvalue weighted by molar-refractivity contribution is -0.141. The fourth-order valence-electron chi connectivity index (χ4n) is 2.24. The molecule has 2 aromatic carbocycles. The number of carbonyl (C=O) groups excluding carboxylic acids is 2. The van der Waals surface area contributed by atoms with E-state index in [0.717, 1.165) is 12.1 Å². The van der Waals surface area contributed by atoms with E-state index in [-0.39, 0.29) is 12.4 Å². The number of fused-ring (bicyclic) bond motifs is 1. The molecule has 1 aliphatic rings. The van der Waals surface area contributed by atoms with Crippen LogP contribution in [0, 0.1) is 5.82 Å². The fourth-order valence-corrected chi connectivity index (χ4v) is 3.29. The molecule has 0 radical (unpaired) electrons. The van der Waals surface area contributed by atoms with Gasteiger partial charge in [-0.1, -0.05) is 12.1 Å². The van der Waals surface area contributed by atoms with Crippen LogP contribution in [-0.4, -0.2) is 40.1 Å². The monoisotopic (exact) mass is 395 g/mol. The standard InChI is InChI=1S/C17H14FNO7S/c18-12-3-1-2-4-16(12)27(22,23)19-8-17(21)24-9-13(20)11-5-6-14-15(7-11)26-10-25-14/h1-7,19H,8-10H2. The Bertz CT molecular complexity index is 991. The number of halogens is 1. The summed E-state index contributed by atoms with van der Waals surface area (Å²) in [6.45, 7) is -1.27. The Hall–Kier alpha value is -2.98. The number of esters is 1. The van der Waals surface area contributed by atoms with Crippen molar-refractivity contribution in [3.05, 3.63) is 53.8 Å². The van der Waals surface area contributed by atoms with Crippen LogP contribution >= 0.6 is 0 Å². The minimum Gasteiger partial charge on any atom is -0.456 e. The molecule has 0 unspecified atom stereocenters. The Kier molecular flexibility index (Phi) is 5.38. The predicted octanol–water partition coefficient (Wildman–Crippen LogP) is 1.26. The first-order valence-electron chi connectivity index (χ1n) is 7.69. The van der Waals surface area contributed by atoms with E-state index >= 15 is 0 Å². The molecular weight excluding hydrogens is 381 g/mol. The van der Waals surface area contributed by atoms with Gasteiger partial charge >= 0.3 is 5.97 Å². The van der Waals surface area contributed by atoms with E-state index in [1.165, 1.54) is 24.3 Å². The SMILES string of the molecule is O=C(CNS(=O)(=O)c1ccccc1F)OCC(=O)c1ccc2c(c1)OCO2. The molecule has 0 atom stereocenters. The van der Waals surface area contributed by atoms with Crippen LogP contribution < -0.4 is 14.2 Å². The lowest BCUT2D eigenvalue weighted by Gasteiger charge is -2.08. The van der Waals surface area contributed by atoms with Crippen LogP contribution in [0.1, 0.15) is 10.4 Å². The van der Waals surface area contributed by atoms with E-state index < -0.39 is 45.6 Å². The molecule has 1 aliphatic heterocycles. The predicted molar refractivity (Wildman–Crippen MR) is 89.4 cm³/mol. The van der Waals surface area contributed by atoms with Gasteiger partial charge in [-0.2, -0.15) is 4.72 Å². The number of sulfonamides is 1. The minimum absolute atomic E-state index is 0.0596. The summed E-state index contributed by atoms with van der Waals surface area (Å²) >= 11 is 0. The van der Waals surface area contributed by atoms with Crippen LogP contribution in [0.4, 0.5) is 4.39 Å². The van der Waals surface area contributed by atoms with Gasteiger partial charge in [0.25, 0.3) is 0 Å². The van der Waals surface area contributed by atoms with E-state index in [2.05, 4.69) is 0 Å². The number of ketones is 1.